The molecule has 14 heavy (non-hydrogen) atoms. The van der Waals surface area contributed by atoms with Gasteiger partial charge in [-0.05, 0) is 32.6 Å². The van der Waals surface area contributed by atoms with Crippen molar-refractivity contribution in [2.75, 3.05) is 11.9 Å². The predicted molar refractivity (Wildman–Crippen MR) is 59.7 cm³/mol. The molecule has 0 atom stereocenters. The van der Waals surface area contributed by atoms with Crippen molar-refractivity contribution in [3.63, 3.8) is 0 Å². The van der Waals surface area contributed by atoms with Gasteiger partial charge in [0.2, 0.25) is 5.13 Å². The van der Waals surface area contributed by atoms with E-state index in [4.69, 9.17) is 0 Å². The molecule has 1 aromatic heterocycles. The Morgan fingerprint density at radius 3 is 3.07 bits per heavy atom. The number of hydrogen-bond acceptors (Lipinski definition) is 4. The molecule has 0 saturated carbocycles. The highest BCUT2D eigenvalue weighted by Crippen LogP contribution is 2.18. The van der Waals surface area contributed by atoms with Crippen molar-refractivity contribution in [2.24, 2.45) is 0 Å². The maximum Gasteiger partial charge on any atom is 0.202 e. The molecule has 0 spiro atoms. The Morgan fingerprint density at radius 1 is 1.50 bits per heavy atom. The molecular formula is C10H15N3S. The highest BCUT2D eigenvalue weighted by molar-refractivity contribution is 7.09. The van der Waals surface area contributed by atoms with Gasteiger partial charge in [-0.3, -0.25) is 0 Å². The standard InChI is InChI=1S/C10H15N3S/c1-8-12-10(14-13-8)11-7-9-5-3-2-4-6-9/h5H,2-4,6-7H2,1H3,(H,11,12,13). The van der Waals surface area contributed by atoms with Crippen molar-refractivity contribution in [2.45, 2.75) is 32.6 Å². The van der Waals surface area contributed by atoms with Crippen molar-refractivity contribution in [1.29, 1.82) is 0 Å². The summed E-state index contributed by atoms with van der Waals surface area (Å²) in [5.41, 5.74) is 1.52. The normalized spacial score (nSPS) is 16.5. The summed E-state index contributed by atoms with van der Waals surface area (Å²) in [4.78, 5) is 4.26. The van der Waals surface area contributed by atoms with E-state index in [-0.39, 0.29) is 0 Å². The molecule has 1 aliphatic carbocycles. The number of nitrogens with zero attached hydrogens (tertiary/aromatic N) is 2. The smallest absolute Gasteiger partial charge is 0.202 e. The van der Waals surface area contributed by atoms with Gasteiger partial charge in [-0.1, -0.05) is 11.6 Å². The van der Waals surface area contributed by atoms with Gasteiger partial charge in [0.1, 0.15) is 5.82 Å². The first kappa shape index (κ1) is 9.65. The summed E-state index contributed by atoms with van der Waals surface area (Å²) in [5, 5.41) is 4.25. The Hall–Kier alpha value is -0.900. The largest absolute Gasteiger partial charge is 0.357 e. The minimum absolute atomic E-state index is 0.857. The van der Waals surface area contributed by atoms with E-state index in [1.54, 1.807) is 0 Å². The van der Waals surface area contributed by atoms with E-state index in [0.717, 1.165) is 17.5 Å². The van der Waals surface area contributed by atoms with Gasteiger partial charge >= 0.3 is 0 Å². The number of aromatic nitrogens is 2. The zero-order chi connectivity index (χ0) is 9.80. The summed E-state index contributed by atoms with van der Waals surface area (Å²) in [6.07, 6.45) is 7.52. The first-order valence-electron chi connectivity index (χ1n) is 5.07. The SMILES string of the molecule is Cc1nsc(NCC2=CCCCC2)n1. The van der Waals surface area contributed by atoms with Gasteiger partial charge < -0.3 is 5.32 Å². The number of aryl methyl sites for hydroxylation is 1. The lowest BCUT2D eigenvalue weighted by molar-refractivity contribution is 0.695. The van der Waals surface area contributed by atoms with Crippen LogP contribution < -0.4 is 5.32 Å². The average molecular weight is 209 g/mol. The fourth-order valence-electron chi connectivity index (χ4n) is 1.62. The third-order valence-corrected chi connectivity index (χ3v) is 3.14. The number of rotatable bonds is 3. The van der Waals surface area contributed by atoms with Gasteiger partial charge in [-0.25, -0.2) is 4.98 Å². The van der Waals surface area contributed by atoms with Crippen LogP contribution in [0.4, 0.5) is 5.13 Å². The van der Waals surface area contributed by atoms with E-state index in [1.807, 2.05) is 6.92 Å². The lowest BCUT2D eigenvalue weighted by Gasteiger charge is -2.12. The predicted octanol–water partition coefficient (Wildman–Crippen LogP) is 2.76. The Labute approximate surface area is 88.4 Å². The molecule has 1 aliphatic rings. The van der Waals surface area contributed by atoms with Gasteiger partial charge in [0.15, 0.2) is 0 Å². The summed E-state index contributed by atoms with van der Waals surface area (Å²) in [7, 11) is 0. The second-order valence-corrected chi connectivity index (χ2v) is 4.36. The molecule has 0 saturated heterocycles. The van der Waals surface area contributed by atoms with Crippen LogP contribution in [-0.2, 0) is 0 Å². The molecule has 2 rings (SSSR count). The van der Waals surface area contributed by atoms with Crippen molar-refractivity contribution in [1.82, 2.24) is 9.36 Å². The summed E-state index contributed by atoms with van der Waals surface area (Å²) in [5.74, 6) is 0.857. The van der Waals surface area contributed by atoms with Crippen LogP contribution in [0, 0.1) is 6.92 Å². The molecule has 1 N–H and O–H groups in total. The first-order chi connectivity index (χ1) is 6.84. The Morgan fingerprint density at radius 2 is 2.43 bits per heavy atom. The number of allylic oxidation sites excluding steroid dienone is 1. The van der Waals surface area contributed by atoms with Crippen LogP contribution in [0.1, 0.15) is 31.5 Å². The van der Waals surface area contributed by atoms with Crippen LogP contribution >= 0.6 is 11.5 Å². The number of nitrogens with one attached hydrogen (secondary N) is 1. The Bertz CT molecular complexity index is 330. The van der Waals surface area contributed by atoms with Crippen LogP contribution in [0.25, 0.3) is 0 Å². The maximum absolute atomic E-state index is 4.26. The number of hydrogen-bond donors (Lipinski definition) is 1. The van der Waals surface area contributed by atoms with Crippen molar-refractivity contribution in [3.8, 4) is 0 Å². The second-order valence-electron chi connectivity index (χ2n) is 3.61. The van der Waals surface area contributed by atoms with E-state index >= 15 is 0 Å². The van der Waals surface area contributed by atoms with Crippen LogP contribution in [-0.4, -0.2) is 15.9 Å². The molecule has 76 valence electrons. The molecule has 1 heterocycles. The minimum Gasteiger partial charge on any atom is -0.357 e. The third kappa shape index (κ3) is 2.54. The van der Waals surface area contributed by atoms with Crippen LogP contribution in [0.5, 0.6) is 0 Å². The summed E-state index contributed by atoms with van der Waals surface area (Å²) < 4.78 is 4.13. The molecular weight excluding hydrogens is 194 g/mol. The zero-order valence-electron chi connectivity index (χ0n) is 8.42. The second kappa shape index (κ2) is 4.55. The van der Waals surface area contributed by atoms with Gasteiger partial charge in [0, 0.05) is 18.1 Å². The summed E-state index contributed by atoms with van der Waals surface area (Å²) in [6, 6.07) is 0. The average Bonchev–Trinajstić information content (AvgIpc) is 2.63. The molecule has 0 amide bonds. The third-order valence-electron chi connectivity index (χ3n) is 2.38. The highest BCUT2D eigenvalue weighted by Gasteiger charge is 2.04. The molecule has 0 bridgehead atoms. The van der Waals surface area contributed by atoms with Crippen LogP contribution in [0.2, 0.25) is 0 Å². The molecule has 0 aliphatic heterocycles. The molecule has 0 radical (unpaired) electrons. The van der Waals surface area contributed by atoms with E-state index in [2.05, 4.69) is 20.8 Å². The minimum atomic E-state index is 0.857. The van der Waals surface area contributed by atoms with E-state index in [9.17, 15) is 0 Å². The Balaban J connectivity index is 1.84. The molecule has 3 nitrogen and oxygen atoms in total. The van der Waals surface area contributed by atoms with Gasteiger partial charge in [0.05, 0.1) is 0 Å². The molecule has 0 unspecified atom stereocenters. The Kier molecular flexibility index (Phi) is 3.14. The van der Waals surface area contributed by atoms with Crippen LogP contribution in [0.15, 0.2) is 11.6 Å². The zero-order valence-corrected chi connectivity index (χ0v) is 9.23. The van der Waals surface area contributed by atoms with Gasteiger partial charge in [-0.2, -0.15) is 4.37 Å². The van der Waals surface area contributed by atoms with Crippen molar-refractivity contribution >= 4 is 16.7 Å². The quantitative estimate of drug-likeness (QED) is 0.778. The van der Waals surface area contributed by atoms with E-state index in [1.165, 1.54) is 42.8 Å². The topological polar surface area (TPSA) is 37.8 Å². The monoisotopic (exact) mass is 209 g/mol. The summed E-state index contributed by atoms with van der Waals surface area (Å²) in [6.45, 7) is 2.86. The molecule has 0 aromatic carbocycles. The fraction of sp³-hybridized carbons (Fsp3) is 0.600. The van der Waals surface area contributed by atoms with Gasteiger partial charge in [0.25, 0.3) is 0 Å². The van der Waals surface area contributed by atoms with E-state index < -0.39 is 0 Å². The van der Waals surface area contributed by atoms with Crippen LogP contribution in [0.3, 0.4) is 0 Å². The van der Waals surface area contributed by atoms with Crippen molar-refractivity contribution < 1.29 is 0 Å². The summed E-state index contributed by atoms with van der Waals surface area (Å²) >= 11 is 1.44. The first-order valence-corrected chi connectivity index (χ1v) is 5.84. The maximum atomic E-state index is 4.26. The van der Waals surface area contributed by atoms with Crippen molar-refractivity contribution in [3.05, 3.63) is 17.5 Å². The highest BCUT2D eigenvalue weighted by atomic mass is 32.1. The molecule has 1 aromatic rings. The van der Waals surface area contributed by atoms with E-state index in [0.29, 0.717) is 0 Å². The fourth-order valence-corrected chi connectivity index (χ4v) is 2.19. The lowest BCUT2D eigenvalue weighted by Crippen LogP contribution is -2.06. The molecule has 4 heteroatoms. The van der Waals surface area contributed by atoms with Gasteiger partial charge in [-0.15, -0.1) is 0 Å². The lowest BCUT2D eigenvalue weighted by atomic mass is 10.00. The molecule has 0 fully saturated rings. The number of anilines is 1.